The Morgan fingerprint density at radius 1 is 1.19 bits per heavy atom. The van der Waals surface area contributed by atoms with Gasteiger partial charge in [-0.15, -0.1) is 0 Å². The molecule has 2 aromatic carbocycles. The van der Waals surface area contributed by atoms with Crippen molar-refractivity contribution in [2.75, 3.05) is 12.4 Å². The molecule has 0 aliphatic carbocycles. The molecule has 2 aromatic rings. The predicted molar refractivity (Wildman–Crippen MR) is 83.4 cm³/mol. The van der Waals surface area contributed by atoms with Gasteiger partial charge in [0.1, 0.15) is 10.8 Å². The van der Waals surface area contributed by atoms with Crippen LogP contribution in [0, 0.1) is 10.1 Å². The number of hydrogen-bond donors (Lipinski definition) is 1. The minimum atomic E-state index is -0.504. The third kappa shape index (κ3) is 3.77. The monoisotopic (exact) mass is 326 g/mol. The molecule has 0 amide bonds. The van der Waals surface area contributed by atoms with E-state index in [9.17, 15) is 10.1 Å². The van der Waals surface area contributed by atoms with E-state index >= 15 is 0 Å². The second-order valence-electron chi connectivity index (χ2n) is 4.25. The number of anilines is 1. The lowest BCUT2D eigenvalue weighted by Gasteiger charge is -2.09. The maximum absolute atomic E-state index is 10.8. The molecular formula is C14H12Cl2N2O3. The van der Waals surface area contributed by atoms with Gasteiger partial charge in [-0.1, -0.05) is 29.3 Å². The zero-order valence-electron chi connectivity index (χ0n) is 11.1. The van der Waals surface area contributed by atoms with Crippen LogP contribution in [0.15, 0.2) is 36.4 Å². The van der Waals surface area contributed by atoms with Crippen molar-refractivity contribution in [3.63, 3.8) is 0 Å². The summed E-state index contributed by atoms with van der Waals surface area (Å²) in [6.07, 6.45) is 0. The third-order valence-electron chi connectivity index (χ3n) is 2.86. The number of hydrogen-bond acceptors (Lipinski definition) is 4. The summed E-state index contributed by atoms with van der Waals surface area (Å²) in [5.41, 5.74) is 1.43. The topological polar surface area (TPSA) is 64.4 Å². The van der Waals surface area contributed by atoms with Gasteiger partial charge in [0, 0.05) is 18.3 Å². The van der Waals surface area contributed by atoms with Crippen LogP contribution < -0.4 is 10.1 Å². The second-order valence-corrected chi connectivity index (χ2v) is 5.06. The molecule has 0 atom stereocenters. The highest BCUT2D eigenvalue weighted by Crippen LogP contribution is 2.28. The summed E-state index contributed by atoms with van der Waals surface area (Å²) in [5.74, 6) is 0.587. The summed E-state index contributed by atoms with van der Waals surface area (Å²) >= 11 is 11.8. The lowest BCUT2D eigenvalue weighted by molar-refractivity contribution is -0.384. The molecule has 0 saturated heterocycles. The lowest BCUT2D eigenvalue weighted by Crippen LogP contribution is -2.00. The summed E-state index contributed by atoms with van der Waals surface area (Å²) in [6.45, 7) is 0.417. The number of benzene rings is 2. The van der Waals surface area contributed by atoms with Gasteiger partial charge in [-0.3, -0.25) is 10.1 Å². The highest BCUT2D eigenvalue weighted by atomic mass is 35.5. The normalized spacial score (nSPS) is 10.2. The maximum Gasteiger partial charge on any atom is 0.288 e. The van der Waals surface area contributed by atoms with Gasteiger partial charge in [0.25, 0.3) is 5.69 Å². The van der Waals surface area contributed by atoms with E-state index in [1.807, 2.05) is 6.07 Å². The number of nitro benzene ring substituents is 1. The lowest BCUT2D eigenvalue weighted by atomic mass is 10.2. The van der Waals surface area contributed by atoms with Crippen LogP contribution in [0.25, 0.3) is 0 Å². The van der Waals surface area contributed by atoms with E-state index in [1.54, 1.807) is 25.3 Å². The van der Waals surface area contributed by atoms with Crippen LogP contribution in [-0.4, -0.2) is 12.0 Å². The quantitative estimate of drug-likeness (QED) is 0.648. The predicted octanol–water partition coefficient (Wildman–Crippen LogP) is 4.52. The molecule has 0 fully saturated rings. The summed E-state index contributed by atoms with van der Waals surface area (Å²) in [4.78, 5) is 10.3. The fourth-order valence-corrected chi connectivity index (χ4v) is 2.23. The van der Waals surface area contributed by atoms with Crippen molar-refractivity contribution in [1.29, 1.82) is 0 Å². The van der Waals surface area contributed by atoms with Crippen LogP contribution in [0.1, 0.15) is 5.56 Å². The molecular weight excluding hydrogens is 315 g/mol. The standard InChI is InChI=1S/C14H12Cl2N2O3/c1-21-14-5-3-10(7-12(14)16)17-8-9-2-4-11(15)13(6-9)18(19)20/h2-7,17H,8H2,1H3. The summed E-state index contributed by atoms with van der Waals surface area (Å²) < 4.78 is 5.07. The minimum Gasteiger partial charge on any atom is -0.495 e. The highest BCUT2D eigenvalue weighted by Gasteiger charge is 2.12. The molecule has 0 bridgehead atoms. The van der Waals surface area contributed by atoms with Gasteiger partial charge >= 0.3 is 0 Å². The van der Waals surface area contributed by atoms with Gasteiger partial charge in [0.15, 0.2) is 0 Å². The minimum absolute atomic E-state index is 0.108. The first kappa shape index (κ1) is 15.4. The Labute approximate surface area is 131 Å². The van der Waals surface area contributed by atoms with Crippen molar-refractivity contribution >= 4 is 34.6 Å². The van der Waals surface area contributed by atoms with Gasteiger partial charge in [0.2, 0.25) is 0 Å². The Kier molecular flexibility index (Phi) is 4.88. The molecule has 0 unspecified atom stereocenters. The van der Waals surface area contributed by atoms with E-state index in [0.29, 0.717) is 17.3 Å². The molecule has 7 heteroatoms. The van der Waals surface area contributed by atoms with Crippen LogP contribution in [0.3, 0.4) is 0 Å². The largest absolute Gasteiger partial charge is 0.495 e. The number of nitrogens with zero attached hydrogens (tertiary/aromatic N) is 1. The maximum atomic E-state index is 10.8. The third-order valence-corrected chi connectivity index (χ3v) is 3.47. The van der Waals surface area contributed by atoms with Gasteiger partial charge in [-0.2, -0.15) is 0 Å². The molecule has 0 saturated carbocycles. The van der Waals surface area contributed by atoms with Crippen LogP contribution >= 0.6 is 23.2 Å². The molecule has 110 valence electrons. The van der Waals surface area contributed by atoms with Gasteiger partial charge in [0.05, 0.1) is 17.1 Å². The van der Waals surface area contributed by atoms with E-state index in [2.05, 4.69) is 5.32 Å². The van der Waals surface area contributed by atoms with Gasteiger partial charge in [-0.25, -0.2) is 0 Å². The first-order valence-electron chi connectivity index (χ1n) is 6.01. The molecule has 0 aliphatic rings. The Bertz CT molecular complexity index is 677. The van der Waals surface area contributed by atoms with E-state index < -0.39 is 4.92 Å². The molecule has 0 radical (unpaired) electrons. The highest BCUT2D eigenvalue weighted by molar-refractivity contribution is 6.32. The number of methoxy groups -OCH3 is 1. The van der Waals surface area contributed by atoms with Crippen molar-refractivity contribution in [2.45, 2.75) is 6.54 Å². The van der Waals surface area contributed by atoms with Crippen LogP contribution in [0.5, 0.6) is 5.75 Å². The summed E-state index contributed by atoms with van der Waals surface area (Å²) in [6, 6.07) is 9.97. The molecule has 0 aromatic heterocycles. The number of nitro groups is 1. The zero-order chi connectivity index (χ0) is 15.4. The fraction of sp³-hybridized carbons (Fsp3) is 0.143. The molecule has 0 heterocycles. The number of rotatable bonds is 5. The molecule has 0 spiro atoms. The van der Waals surface area contributed by atoms with Crippen molar-refractivity contribution in [3.8, 4) is 5.75 Å². The smallest absolute Gasteiger partial charge is 0.288 e. The Balaban J connectivity index is 2.11. The van der Waals surface area contributed by atoms with Crippen molar-refractivity contribution in [2.24, 2.45) is 0 Å². The number of nitrogens with one attached hydrogen (secondary N) is 1. The molecule has 21 heavy (non-hydrogen) atoms. The first-order valence-corrected chi connectivity index (χ1v) is 6.77. The van der Waals surface area contributed by atoms with Crippen molar-refractivity contribution in [1.82, 2.24) is 0 Å². The molecule has 0 aliphatic heterocycles. The molecule has 5 nitrogen and oxygen atoms in total. The molecule has 2 rings (SSSR count). The fourth-order valence-electron chi connectivity index (χ4n) is 1.79. The average molecular weight is 327 g/mol. The van der Waals surface area contributed by atoms with Crippen molar-refractivity contribution < 1.29 is 9.66 Å². The van der Waals surface area contributed by atoms with Crippen LogP contribution in [0.2, 0.25) is 10.0 Å². The second kappa shape index (κ2) is 6.65. The molecule has 1 N–H and O–H groups in total. The number of halogens is 2. The van der Waals surface area contributed by atoms with Crippen LogP contribution in [-0.2, 0) is 6.54 Å². The van der Waals surface area contributed by atoms with E-state index in [1.165, 1.54) is 12.1 Å². The Hall–Kier alpha value is -1.98. The van der Waals surface area contributed by atoms with Crippen LogP contribution in [0.4, 0.5) is 11.4 Å². The van der Waals surface area contributed by atoms with Crippen molar-refractivity contribution in [3.05, 3.63) is 62.1 Å². The van der Waals surface area contributed by atoms with E-state index in [4.69, 9.17) is 27.9 Å². The SMILES string of the molecule is COc1ccc(NCc2ccc(Cl)c([N+](=O)[O-])c2)cc1Cl. The van der Waals surface area contributed by atoms with E-state index in [-0.39, 0.29) is 10.7 Å². The first-order chi connectivity index (χ1) is 10.0. The van der Waals surface area contributed by atoms with Gasteiger partial charge < -0.3 is 10.1 Å². The average Bonchev–Trinajstić information content (AvgIpc) is 2.46. The number of ether oxygens (including phenoxy) is 1. The summed E-state index contributed by atoms with van der Waals surface area (Å²) in [7, 11) is 1.54. The van der Waals surface area contributed by atoms with Gasteiger partial charge in [-0.05, 0) is 29.8 Å². The van der Waals surface area contributed by atoms with E-state index in [0.717, 1.165) is 11.3 Å². The zero-order valence-corrected chi connectivity index (χ0v) is 12.6. The Morgan fingerprint density at radius 2 is 1.95 bits per heavy atom. The summed E-state index contributed by atoms with van der Waals surface area (Å²) in [5, 5.41) is 14.6. The Morgan fingerprint density at radius 3 is 2.57 bits per heavy atom.